The maximum absolute atomic E-state index is 12.1. The van der Waals surface area contributed by atoms with Crippen LogP contribution in [-0.4, -0.2) is 18.5 Å². The Morgan fingerprint density at radius 1 is 1.21 bits per heavy atom. The van der Waals surface area contributed by atoms with E-state index in [9.17, 15) is 14.9 Å². The molecule has 1 N–H and O–H groups in total. The predicted molar refractivity (Wildman–Crippen MR) is 110 cm³/mol. The highest BCUT2D eigenvalue weighted by atomic mass is 35.5. The quantitative estimate of drug-likeness (QED) is 0.429. The molecule has 28 heavy (non-hydrogen) atoms. The Balaban J connectivity index is 1.99. The molecule has 0 aromatic heterocycles. The minimum Gasteiger partial charge on any atom is -0.451 e. The van der Waals surface area contributed by atoms with Crippen LogP contribution in [0.4, 0.5) is 5.69 Å². The van der Waals surface area contributed by atoms with Crippen LogP contribution in [0, 0.1) is 18.3 Å². The van der Waals surface area contributed by atoms with Crippen molar-refractivity contribution in [1.82, 2.24) is 0 Å². The van der Waals surface area contributed by atoms with Crippen LogP contribution < -0.4 is 5.32 Å². The van der Waals surface area contributed by atoms with Crippen molar-refractivity contribution in [2.75, 3.05) is 11.9 Å². The number of esters is 1. The monoisotopic (exact) mass is 396 g/mol. The normalized spacial score (nSPS) is 11.1. The number of nitrogens with one attached hydrogen (secondary N) is 1. The van der Waals surface area contributed by atoms with E-state index in [1.54, 1.807) is 25.1 Å². The van der Waals surface area contributed by atoms with Gasteiger partial charge in [-0.05, 0) is 47.7 Å². The van der Waals surface area contributed by atoms with Gasteiger partial charge in [-0.25, -0.2) is 4.79 Å². The molecule has 0 aliphatic carbocycles. The molecule has 6 heteroatoms. The second kappa shape index (κ2) is 9.72. The smallest absolute Gasteiger partial charge is 0.349 e. The molecule has 2 aromatic rings. The molecule has 0 atom stereocenters. The fraction of sp³-hybridized carbons (Fsp3) is 0.227. The summed E-state index contributed by atoms with van der Waals surface area (Å²) in [4.78, 5) is 24.1. The standard InChI is InChI=1S/C22H21ClN2O3/c1-14(2)17-9-7-16(8-10-17)11-18(12-24)22(27)28-13-21(26)25-20-6-4-5-19(23)15(20)3/h4-11,14H,13H2,1-3H3,(H,25,26)/b18-11+. The predicted octanol–water partition coefficient (Wildman–Crippen LogP) is 4.86. The molecule has 0 saturated heterocycles. The van der Waals surface area contributed by atoms with E-state index in [2.05, 4.69) is 19.2 Å². The van der Waals surface area contributed by atoms with E-state index in [4.69, 9.17) is 16.3 Å². The summed E-state index contributed by atoms with van der Waals surface area (Å²) in [5.74, 6) is -0.981. The number of nitriles is 1. The number of rotatable bonds is 6. The van der Waals surface area contributed by atoms with Gasteiger partial charge in [-0.15, -0.1) is 0 Å². The van der Waals surface area contributed by atoms with Gasteiger partial charge in [0.25, 0.3) is 5.91 Å². The molecular formula is C22H21ClN2O3. The lowest BCUT2D eigenvalue weighted by Crippen LogP contribution is -2.21. The van der Waals surface area contributed by atoms with Crippen molar-refractivity contribution < 1.29 is 14.3 Å². The first-order valence-corrected chi connectivity index (χ1v) is 9.13. The van der Waals surface area contributed by atoms with E-state index in [0.717, 1.165) is 5.56 Å². The van der Waals surface area contributed by atoms with Crippen molar-refractivity contribution in [1.29, 1.82) is 5.26 Å². The zero-order valence-electron chi connectivity index (χ0n) is 16.0. The fourth-order valence-corrected chi connectivity index (χ4v) is 2.59. The van der Waals surface area contributed by atoms with Crippen LogP contribution >= 0.6 is 11.6 Å². The number of benzene rings is 2. The number of nitrogens with zero attached hydrogens (tertiary/aromatic N) is 1. The minimum absolute atomic E-state index is 0.177. The summed E-state index contributed by atoms with van der Waals surface area (Å²) in [5, 5.41) is 12.4. The van der Waals surface area contributed by atoms with Crippen molar-refractivity contribution >= 4 is 35.2 Å². The van der Waals surface area contributed by atoms with Crippen molar-refractivity contribution in [2.24, 2.45) is 0 Å². The van der Waals surface area contributed by atoms with E-state index in [0.29, 0.717) is 27.8 Å². The Kier molecular flexibility index (Phi) is 7.36. The summed E-state index contributed by atoms with van der Waals surface area (Å²) in [7, 11) is 0. The maximum atomic E-state index is 12.1. The summed E-state index contributed by atoms with van der Waals surface area (Å²) < 4.78 is 4.96. The van der Waals surface area contributed by atoms with Gasteiger partial charge in [0.2, 0.25) is 0 Å². The van der Waals surface area contributed by atoms with E-state index in [-0.39, 0.29) is 5.57 Å². The van der Waals surface area contributed by atoms with Gasteiger partial charge in [0, 0.05) is 10.7 Å². The zero-order valence-corrected chi connectivity index (χ0v) is 16.7. The Hall–Kier alpha value is -3.10. The van der Waals surface area contributed by atoms with Gasteiger partial charge in [0.1, 0.15) is 11.6 Å². The summed E-state index contributed by atoms with van der Waals surface area (Å²) in [5.41, 5.74) is 2.94. The van der Waals surface area contributed by atoms with Gasteiger partial charge in [-0.2, -0.15) is 5.26 Å². The highest BCUT2D eigenvalue weighted by Crippen LogP contribution is 2.22. The van der Waals surface area contributed by atoms with Gasteiger partial charge in [0.15, 0.2) is 6.61 Å². The Morgan fingerprint density at radius 2 is 1.89 bits per heavy atom. The van der Waals surface area contributed by atoms with Crippen molar-refractivity contribution in [3.05, 3.63) is 69.8 Å². The van der Waals surface area contributed by atoms with E-state index < -0.39 is 18.5 Å². The molecule has 1 amide bonds. The molecule has 0 aliphatic rings. The first-order valence-electron chi connectivity index (χ1n) is 8.75. The van der Waals surface area contributed by atoms with Crippen LogP contribution in [0.25, 0.3) is 6.08 Å². The Morgan fingerprint density at radius 3 is 2.50 bits per heavy atom. The summed E-state index contributed by atoms with van der Waals surface area (Å²) in [6.07, 6.45) is 1.44. The lowest BCUT2D eigenvalue weighted by Gasteiger charge is -2.09. The molecule has 0 heterocycles. The van der Waals surface area contributed by atoms with Crippen LogP contribution in [0.15, 0.2) is 48.0 Å². The van der Waals surface area contributed by atoms with Gasteiger partial charge in [-0.3, -0.25) is 4.79 Å². The van der Waals surface area contributed by atoms with Gasteiger partial charge in [-0.1, -0.05) is 55.8 Å². The average Bonchev–Trinajstić information content (AvgIpc) is 2.68. The molecule has 5 nitrogen and oxygen atoms in total. The number of ether oxygens (including phenoxy) is 1. The zero-order chi connectivity index (χ0) is 20.7. The third kappa shape index (κ3) is 5.70. The third-order valence-corrected chi connectivity index (χ3v) is 4.54. The van der Waals surface area contributed by atoms with Crippen LogP contribution in [-0.2, 0) is 14.3 Å². The Bertz CT molecular complexity index is 941. The van der Waals surface area contributed by atoms with Crippen LogP contribution in [0.2, 0.25) is 5.02 Å². The largest absolute Gasteiger partial charge is 0.451 e. The summed E-state index contributed by atoms with van der Waals surface area (Å²) in [6.45, 7) is 5.43. The topological polar surface area (TPSA) is 79.2 Å². The van der Waals surface area contributed by atoms with Crippen molar-refractivity contribution in [3.8, 4) is 6.07 Å². The van der Waals surface area contributed by atoms with Crippen LogP contribution in [0.3, 0.4) is 0 Å². The van der Waals surface area contributed by atoms with Crippen LogP contribution in [0.1, 0.15) is 36.5 Å². The number of carbonyl (C=O) groups excluding carboxylic acids is 2. The first-order chi connectivity index (χ1) is 13.3. The number of amides is 1. The molecule has 2 rings (SSSR count). The molecule has 0 radical (unpaired) electrons. The number of halogens is 1. The Labute approximate surface area is 169 Å². The number of carbonyl (C=O) groups is 2. The highest BCUT2D eigenvalue weighted by molar-refractivity contribution is 6.31. The van der Waals surface area contributed by atoms with Gasteiger partial charge in [0.05, 0.1) is 0 Å². The summed E-state index contributed by atoms with van der Waals surface area (Å²) >= 11 is 6.01. The lowest BCUT2D eigenvalue weighted by molar-refractivity contribution is -0.142. The van der Waals surface area contributed by atoms with Gasteiger partial charge >= 0.3 is 5.97 Å². The van der Waals surface area contributed by atoms with Gasteiger partial charge < -0.3 is 10.1 Å². The lowest BCUT2D eigenvalue weighted by atomic mass is 10.0. The number of anilines is 1. The second-order valence-corrected chi connectivity index (χ2v) is 6.94. The SMILES string of the molecule is Cc1c(Cl)cccc1NC(=O)COC(=O)/C(C#N)=C/c1ccc(C(C)C)cc1. The molecule has 0 spiro atoms. The molecule has 0 saturated carbocycles. The summed E-state index contributed by atoms with van der Waals surface area (Å²) in [6, 6.07) is 14.5. The minimum atomic E-state index is -0.853. The molecule has 0 bridgehead atoms. The maximum Gasteiger partial charge on any atom is 0.349 e. The average molecular weight is 397 g/mol. The number of hydrogen-bond acceptors (Lipinski definition) is 4. The van der Waals surface area contributed by atoms with Crippen molar-refractivity contribution in [2.45, 2.75) is 26.7 Å². The molecule has 0 fully saturated rings. The first kappa shape index (κ1) is 21.2. The fourth-order valence-electron chi connectivity index (χ4n) is 2.42. The molecule has 0 unspecified atom stereocenters. The molecule has 144 valence electrons. The molecule has 0 aliphatic heterocycles. The van der Waals surface area contributed by atoms with E-state index in [1.807, 2.05) is 30.3 Å². The molecule has 2 aromatic carbocycles. The van der Waals surface area contributed by atoms with Crippen molar-refractivity contribution in [3.63, 3.8) is 0 Å². The van der Waals surface area contributed by atoms with E-state index >= 15 is 0 Å². The number of hydrogen-bond donors (Lipinski definition) is 1. The van der Waals surface area contributed by atoms with Crippen LogP contribution in [0.5, 0.6) is 0 Å². The second-order valence-electron chi connectivity index (χ2n) is 6.53. The highest BCUT2D eigenvalue weighted by Gasteiger charge is 2.14. The van der Waals surface area contributed by atoms with E-state index in [1.165, 1.54) is 6.08 Å². The molecular weight excluding hydrogens is 376 g/mol. The third-order valence-electron chi connectivity index (χ3n) is 4.13.